The molecule has 182 valence electrons. The van der Waals surface area contributed by atoms with Gasteiger partial charge in [-0.1, -0.05) is 86.5 Å². The Kier molecular flexibility index (Phi) is 7.63. The number of hydrogen-bond acceptors (Lipinski definition) is 1. The smallest absolute Gasteiger partial charge is 0.134 e. The molecule has 1 atom stereocenters. The highest BCUT2D eigenvalue weighted by molar-refractivity contribution is 7.56. The summed E-state index contributed by atoms with van der Waals surface area (Å²) in [6, 6.07) is 14.8. The lowest BCUT2D eigenvalue weighted by atomic mass is 9.80. The van der Waals surface area contributed by atoms with E-state index in [2.05, 4.69) is 79.7 Å². The van der Waals surface area contributed by atoms with Gasteiger partial charge >= 0.3 is 0 Å². The molecule has 3 aromatic carbocycles. The molecule has 1 nitrogen and oxygen atoms in total. The van der Waals surface area contributed by atoms with Crippen LogP contribution in [0.4, 0.5) is 4.39 Å². The lowest BCUT2D eigenvalue weighted by molar-refractivity contribution is 0.300. The van der Waals surface area contributed by atoms with Crippen LogP contribution in [-0.4, -0.2) is 0 Å². The quantitative estimate of drug-likeness (QED) is 0.339. The normalized spacial score (nSPS) is 12.6. The molecule has 0 saturated heterocycles. The fourth-order valence-electron chi connectivity index (χ4n) is 4.15. The third-order valence-corrected chi connectivity index (χ3v) is 8.35. The van der Waals surface area contributed by atoms with Gasteiger partial charge in [0.1, 0.15) is 18.2 Å². The van der Waals surface area contributed by atoms with Crippen molar-refractivity contribution < 1.29 is 9.13 Å². The van der Waals surface area contributed by atoms with Crippen molar-refractivity contribution in [1.82, 2.24) is 0 Å². The maximum atomic E-state index is 15.6. The highest BCUT2D eigenvalue weighted by Crippen LogP contribution is 2.38. The average molecular weight is 479 g/mol. The molecule has 0 aromatic heterocycles. The second-order valence-electron chi connectivity index (χ2n) is 11.5. The lowest BCUT2D eigenvalue weighted by Crippen LogP contribution is -2.24. The third-order valence-electron chi connectivity index (χ3n) is 6.86. The van der Waals surface area contributed by atoms with E-state index in [0.29, 0.717) is 6.61 Å². The maximum absolute atomic E-state index is 15.6. The van der Waals surface area contributed by atoms with Crippen LogP contribution in [0.1, 0.15) is 80.5 Å². The summed E-state index contributed by atoms with van der Waals surface area (Å²) < 4.78 is 22.2. The Bertz CT molecular complexity index is 1150. The molecule has 0 N–H and O–H groups in total. The molecule has 0 aliphatic rings. The van der Waals surface area contributed by atoms with Crippen LogP contribution in [0, 0.1) is 33.5 Å². The van der Waals surface area contributed by atoms with Crippen molar-refractivity contribution in [2.45, 2.75) is 86.7 Å². The lowest BCUT2D eigenvalue weighted by Gasteiger charge is -2.30. The van der Waals surface area contributed by atoms with Crippen LogP contribution in [0.15, 0.2) is 42.5 Å². The molecule has 34 heavy (non-hydrogen) atoms. The zero-order chi connectivity index (χ0) is 25.4. The molecule has 0 heterocycles. The Morgan fingerprint density at radius 3 is 1.91 bits per heavy atom. The van der Waals surface area contributed by atoms with Crippen molar-refractivity contribution in [3.05, 3.63) is 87.2 Å². The summed E-state index contributed by atoms with van der Waals surface area (Å²) in [5.74, 6) is 0.823. The molecule has 0 radical (unpaired) electrons. The molecule has 0 spiro atoms. The van der Waals surface area contributed by atoms with Crippen LogP contribution >= 0.6 is 8.58 Å². The first-order valence-electron chi connectivity index (χ1n) is 12.1. The summed E-state index contributed by atoms with van der Waals surface area (Å²) in [4.78, 5) is 0. The Labute approximate surface area is 207 Å². The van der Waals surface area contributed by atoms with E-state index in [4.69, 9.17) is 4.74 Å². The largest absolute Gasteiger partial charge is 0.488 e. The van der Waals surface area contributed by atoms with Crippen LogP contribution in [0.5, 0.6) is 5.75 Å². The molecule has 3 heteroatoms. The van der Waals surface area contributed by atoms with Crippen LogP contribution in [0.2, 0.25) is 0 Å². The van der Waals surface area contributed by atoms with Gasteiger partial charge in [0.15, 0.2) is 0 Å². The van der Waals surface area contributed by atoms with Gasteiger partial charge in [0.25, 0.3) is 0 Å². The fraction of sp³-hybridized carbons (Fsp3) is 0.419. The highest BCUT2D eigenvalue weighted by Gasteiger charge is 2.27. The van der Waals surface area contributed by atoms with Gasteiger partial charge in [-0.25, -0.2) is 4.39 Å². The van der Waals surface area contributed by atoms with Crippen LogP contribution in [-0.2, 0) is 17.4 Å². The summed E-state index contributed by atoms with van der Waals surface area (Å²) in [6.45, 7) is 21.9. The third kappa shape index (κ3) is 5.55. The first kappa shape index (κ1) is 26.4. The van der Waals surface area contributed by atoms with Gasteiger partial charge in [0.05, 0.1) is 0 Å². The Morgan fingerprint density at radius 1 is 0.765 bits per heavy atom. The molecule has 3 aromatic rings. The average Bonchev–Trinajstić information content (AvgIpc) is 2.77. The molecule has 3 rings (SSSR count). The van der Waals surface area contributed by atoms with Crippen molar-refractivity contribution in [1.29, 1.82) is 0 Å². The van der Waals surface area contributed by atoms with Gasteiger partial charge in [-0.2, -0.15) is 0 Å². The predicted molar refractivity (Wildman–Crippen MR) is 148 cm³/mol. The highest BCUT2D eigenvalue weighted by atomic mass is 31.1. The van der Waals surface area contributed by atoms with Crippen molar-refractivity contribution in [2.24, 2.45) is 0 Å². The van der Waals surface area contributed by atoms with Crippen molar-refractivity contribution in [2.75, 3.05) is 0 Å². The summed E-state index contributed by atoms with van der Waals surface area (Å²) in [6.07, 6.45) is 0. The van der Waals surface area contributed by atoms with E-state index in [-0.39, 0.29) is 25.2 Å². The zero-order valence-corrected chi connectivity index (χ0v) is 23.5. The van der Waals surface area contributed by atoms with Crippen molar-refractivity contribution in [3.8, 4) is 5.75 Å². The van der Waals surface area contributed by atoms with Gasteiger partial charge in [0.2, 0.25) is 0 Å². The summed E-state index contributed by atoms with van der Waals surface area (Å²) in [5, 5.41) is 1.88. The molecule has 0 amide bonds. The summed E-state index contributed by atoms with van der Waals surface area (Å²) in [5.41, 5.74) is 7.44. The van der Waals surface area contributed by atoms with E-state index < -0.39 is 0 Å². The zero-order valence-electron chi connectivity index (χ0n) is 22.5. The van der Waals surface area contributed by atoms with Crippen molar-refractivity contribution in [3.63, 3.8) is 0 Å². The standard InChI is InChI=1S/C31H40FOP/c1-19-20(2)22(4)29(27(32)21(19)3)34-26-17-24(30(5,6)7)16-25(31(8,9)10)28(26)33-18-23-14-12-11-13-15-23/h11-17,34H,18H2,1-10H3. The van der Waals surface area contributed by atoms with Crippen LogP contribution < -0.4 is 15.3 Å². The van der Waals surface area contributed by atoms with Gasteiger partial charge in [-0.3, -0.25) is 0 Å². The Balaban J connectivity index is 2.23. The number of ether oxygens (including phenoxy) is 1. The molecule has 1 unspecified atom stereocenters. The maximum Gasteiger partial charge on any atom is 0.134 e. The molecule has 0 aliphatic carbocycles. The van der Waals surface area contributed by atoms with Gasteiger partial charge in [-0.05, 0) is 78.0 Å². The van der Waals surface area contributed by atoms with E-state index in [9.17, 15) is 0 Å². The summed E-state index contributed by atoms with van der Waals surface area (Å²) in [7, 11) is 0.181. The molecule has 0 saturated carbocycles. The van der Waals surface area contributed by atoms with Crippen LogP contribution in [0.25, 0.3) is 0 Å². The Hall–Kier alpha value is -2.18. The van der Waals surface area contributed by atoms with Gasteiger partial charge in [-0.15, -0.1) is 0 Å². The Morgan fingerprint density at radius 2 is 1.35 bits per heavy atom. The number of hydrogen-bond donors (Lipinski definition) is 0. The molecule has 0 bridgehead atoms. The monoisotopic (exact) mass is 478 g/mol. The minimum atomic E-state index is -0.112. The van der Waals surface area contributed by atoms with Gasteiger partial charge in [0, 0.05) is 16.2 Å². The number of halogens is 1. The SMILES string of the molecule is Cc1c(C)c(C)c(Pc2cc(C(C)(C)C)cc(C(C)(C)C)c2OCc2ccccc2)c(F)c1C. The van der Waals surface area contributed by atoms with E-state index in [1.165, 1.54) is 16.7 Å². The minimum absolute atomic E-state index is 0.0239. The number of benzene rings is 3. The molecular weight excluding hydrogens is 438 g/mol. The van der Waals surface area contributed by atoms with E-state index in [1.54, 1.807) is 0 Å². The second-order valence-corrected chi connectivity index (χ2v) is 12.8. The number of rotatable bonds is 5. The summed E-state index contributed by atoms with van der Waals surface area (Å²) >= 11 is 0. The van der Waals surface area contributed by atoms with Crippen molar-refractivity contribution >= 4 is 19.2 Å². The first-order valence-corrected chi connectivity index (χ1v) is 13.1. The second kappa shape index (κ2) is 9.82. The topological polar surface area (TPSA) is 9.23 Å². The van der Waals surface area contributed by atoms with Gasteiger partial charge < -0.3 is 4.74 Å². The first-order chi connectivity index (χ1) is 15.7. The van der Waals surface area contributed by atoms with E-state index >= 15 is 4.39 Å². The molecule has 0 fully saturated rings. The van der Waals surface area contributed by atoms with E-state index in [1.807, 2.05) is 32.0 Å². The molecular formula is C31H40FOP. The van der Waals surface area contributed by atoms with E-state index in [0.717, 1.165) is 38.6 Å². The predicted octanol–water partition coefficient (Wildman–Crippen LogP) is 7.86. The fourth-order valence-corrected chi connectivity index (χ4v) is 5.64. The minimum Gasteiger partial charge on any atom is -0.488 e. The molecule has 0 aliphatic heterocycles. The van der Waals surface area contributed by atoms with Crippen LogP contribution in [0.3, 0.4) is 0 Å².